The van der Waals surface area contributed by atoms with Crippen LogP contribution in [0.25, 0.3) is 0 Å². The van der Waals surface area contributed by atoms with Crippen LogP contribution in [-0.2, 0) is 18.9 Å². The minimum Gasteiger partial charge on any atom is -0.373 e. The molecule has 0 aromatic heterocycles. The van der Waals surface area contributed by atoms with Gasteiger partial charge in [0.2, 0.25) is 0 Å². The molecule has 2 saturated heterocycles. The molecule has 0 aromatic carbocycles. The maximum atomic E-state index is 5.27. The second-order valence-corrected chi connectivity index (χ2v) is 4.01. The largest absolute Gasteiger partial charge is 0.373 e. The summed E-state index contributed by atoms with van der Waals surface area (Å²) in [6.45, 7) is 10.1. The van der Waals surface area contributed by atoms with Crippen molar-refractivity contribution in [1.82, 2.24) is 0 Å². The van der Waals surface area contributed by atoms with Crippen LogP contribution in [0.2, 0.25) is 0 Å². The van der Waals surface area contributed by atoms with E-state index in [1.165, 1.54) is 0 Å². The third-order valence-electron chi connectivity index (χ3n) is 2.83. The zero-order valence-electron chi connectivity index (χ0n) is 10.1. The molecule has 2 rings (SSSR count). The van der Waals surface area contributed by atoms with E-state index in [4.69, 9.17) is 18.9 Å². The third kappa shape index (κ3) is 5.25. The zero-order chi connectivity index (χ0) is 11.3. The number of hydrogen-bond acceptors (Lipinski definition) is 4. The highest BCUT2D eigenvalue weighted by atomic mass is 16.7. The van der Waals surface area contributed by atoms with E-state index < -0.39 is 0 Å². The monoisotopic (exact) mass is 234 g/mol. The minimum atomic E-state index is 0. The fourth-order valence-electron chi connectivity index (χ4n) is 1.26. The third-order valence-corrected chi connectivity index (χ3v) is 2.83. The number of rotatable bonds is 0. The van der Waals surface area contributed by atoms with Crippen LogP contribution in [0.4, 0.5) is 0 Å². The topological polar surface area (TPSA) is 36.9 Å². The van der Waals surface area contributed by atoms with Gasteiger partial charge >= 0.3 is 0 Å². The van der Waals surface area contributed by atoms with Gasteiger partial charge in [0.05, 0.1) is 37.6 Å². The lowest BCUT2D eigenvalue weighted by Gasteiger charge is -2.25. The summed E-state index contributed by atoms with van der Waals surface area (Å²) in [6.07, 6.45) is 1.15. The first-order chi connectivity index (χ1) is 7.11. The molecule has 0 aliphatic carbocycles. The van der Waals surface area contributed by atoms with Crippen molar-refractivity contribution in [3.05, 3.63) is 0 Å². The highest BCUT2D eigenvalue weighted by Crippen LogP contribution is 2.09. The molecule has 2 aliphatic heterocycles. The smallest absolute Gasteiger partial charge is 0.147 e. The van der Waals surface area contributed by atoms with Gasteiger partial charge in [0.1, 0.15) is 6.79 Å². The predicted octanol–water partition coefficient (Wildman–Crippen LogP) is 2.21. The molecule has 0 radical (unpaired) electrons. The molecule has 16 heavy (non-hydrogen) atoms. The first-order valence-corrected chi connectivity index (χ1v) is 5.57. The second-order valence-electron chi connectivity index (χ2n) is 4.01. The molecule has 0 amide bonds. The van der Waals surface area contributed by atoms with Crippen molar-refractivity contribution in [2.75, 3.05) is 20.0 Å². The molecule has 2 heterocycles. The molecule has 4 atom stereocenters. The Morgan fingerprint density at radius 1 is 0.625 bits per heavy atom. The molecule has 4 nitrogen and oxygen atoms in total. The van der Waals surface area contributed by atoms with Gasteiger partial charge in [0.15, 0.2) is 0 Å². The highest BCUT2D eigenvalue weighted by Gasteiger charge is 2.19. The van der Waals surface area contributed by atoms with Crippen LogP contribution in [0.3, 0.4) is 0 Å². The summed E-state index contributed by atoms with van der Waals surface area (Å²) in [7, 11) is 0. The summed E-state index contributed by atoms with van der Waals surface area (Å²) in [5.74, 6) is 0. The average molecular weight is 234 g/mol. The maximum absolute atomic E-state index is 5.27. The van der Waals surface area contributed by atoms with Gasteiger partial charge in [0, 0.05) is 0 Å². The van der Waals surface area contributed by atoms with Crippen LogP contribution in [0.5, 0.6) is 0 Å². The molecule has 0 bridgehead atoms. The molecule has 0 aromatic rings. The summed E-state index contributed by atoms with van der Waals surface area (Å²) < 4.78 is 20.6. The first kappa shape index (κ1) is 15.8. The van der Waals surface area contributed by atoms with E-state index in [1.807, 2.05) is 27.7 Å². The molecule has 2 aliphatic rings. The molecule has 98 valence electrons. The van der Waals surface area contributed by atoms with Crippen molar-refractivity contribution in [3.63, 3.8) is 0 Å². The zero-order valence-corrected chi connectivity index (χ0v) is 10.1. The molecule has 4 heteroatoms. The standard InChI is InChI=1S/C6H12O2.C5H10O2.CH4/c1-5-6(2)8-4-3-7-5;1-4-5(2)7-3-6-4;/h5-6H,3-4H2,1-2H3;4-5H,3H2,1-2H3;1H4/t5-,6+;4-,5+;. The Labute approximate surface area is 99.2 Å². The van der Waals surface area contributed by atoms with Gasteiger partial charge in [-0.3, -0.25) is 0 Å². The Hall–Kier alpha value is -0.160. The van der Waals surface area contributed by atoms with Crippen molar-refractivity contribution in [2.45, 2.75) is 59.5 Å². The van der Waals surface area contributed by atoms with Gasteiger partial charge in [-0.15, -0.1) is 0 Å². The van der Waals surface area contributed by atoms with E-state index >= 15 is 0 Å². The molecular weight excluding hydrogens is 208 g/mol. The molecule has 2 fully saturated rings. The lowest BCUT2D eigenvalue weighted by atomic mass is 10.2. The van der Waals surface area contributed by atoms with E-state index in [9.17, 15) is 0 Å². The summed E-state index contributed by atoms with van der Waals surface area (Å²) >= 11 is 0. The van der Waals surface area contributed by atoms with Gasteiger partial charge in [0.25, 0.3) is 0 Å². The van der Waals surface area contributed by atoms with E-state index in [1.54, 1.807) is 0 Å². The normalized spacial score (nSPS) is 38.2. The van der Waals surface area contributed by atoms with Gasteiger partial charge < -0.3 is 18.9 Å². The molecule has 0 saturated carbocycles. The van der Waals surface area contributed by atoms with Crippen molar-refractivity contribution >= 4 is 0 Å². The van der Waals surface area contributed by atoms with Crippen LogP contribution < -0.4 is 0 Å². The summed E-state index contributed by atoms with van der Waals surface area (Å²) in [5, 5.41) is 0. The molecule has 0 spiro atoms. The molecule has 0 unspecified atom stereocenters. The van der Waals surface area contributed by atoms with Gasteiger partial charge in [-0.05, 0) is 27.7 Å². The van der Waals surface area contributed by atoms with Crippen LogP contribution in [0.1, 0.15) is 35.1 Å². The summed E-state index contributed by atoms with van der Waals surface area (Å²) in [4.78, 5) is 0. The molecular formula is C12H26O4. The van der Waals surface area contributed by atoms with Crippen molar-refractivity contribution in [2.24, 2.45) is 0 Å². The van der Waals surface area contributed by atoms with Gasteiger partial charge in [-0.1, -0.05) is 7.43 Å². The van der Waals surface area contributed by atoms with Crippen LogP contribution in [-0.4, -0.2) is 44.4 Å². The number of hydrogen-bond donors (Lipinski definition) is 0. The van der Waals surface area contributed by atoms with Crippen LogP contribution in [0.15, 0.2) is 0 Å². The van der Waals surface area contributed by atoms with Crippen LogP contribution in [0, 0.1) is 0 Å². The van der Waals surface area contributed by atoms with Crippen molar-refractivity contribution in [3.8, 4) is 0 Å². The maximum Gasteiger partial charge on any atom is 0.147 e. The number of ether oxygens (including phenoxy) is 4. The Morgan fingerprint density at radius 3 is 1.12 bits per heavy atom. The Balaban J connectivity index is 0.000000267. The van der Waals surface area contributed by atoms with E-state index in [0.717, 1.165) is 13.2 Å². The Bertz CT molecular complexity index is 156. The van der Waals surface area contributed by atoms with Gasteiger partial charge in [-0.2, -0.15) is 0 Å². The van der Waals surface area contributed by atoms with E-state index in [2.05, 4.69) is 0 Å². The van der Waals surface area contributed by atoms with Crippen molar-refractivity contribution < 1.29 is 18.9 Å². The fraction of sp³-hybridized carbons (Fsp3) is 1.00. The summed E-state index contributed by atoms with van der Waals surface area (Å²) in [5.41, 5.74) is 0. The second kappa shape index (κ2) is 8.01. The van der Waals surface area contributed by atoms with E-state index in [-0.39, 0.29) is 19.6 Å². The SMILES string of the molecule is C.C[C@@H]1OCCO[C@@H]1C.C[C@@H]1OCO[C@@H]1C. The van der Waals surface area contributed by atoms with Crippen molar-refractivity contribution in [1.29, 1.82) is 0 Å². The first-order valence-electron chi connectivity index (χ1n) is 5.57. The molecule has 0 N–H and O–H groups in total. The minimum absolute atomic E-state index is 0. The summed E-state index contributed by atoms with van der Waals surface area (Å²) in [6, 6.07) is 0. The fourth-order valence-corrected chi connectivity index (χ4v) is 1.26. The Morgan fingerprint density at radius 2 is 0.938 bits per heavy atom. The lowest BCUT2D eigenvalue weighted by Crippen LogP contribution is -2.33. The van der Waals surface area contributed by atoms with Crippen LogP contribution >= 0.6 is 0 Å². The lowest BCUT2D eigenvalue weighted by molar-refractivity contribution is -0.124. The quantitative estimate of drug-likeness (QED) is 0.644. The average Bonchev–Trinajstić information content (AvgIpc) is 2.57. The Kier molecular flexibility index (Phi) is 7.93. The predicted molar refractivity (Wildman–Crippen MR) is 63.5 cm³/mol. The highest BCUT2D eigenvalue weighted by molar-refractivity contribution is 4.63. The van der Waals surface area contributed by atoms with Gasteiger partial charge in [-0.25, -0.2) is 0 Å². The van der Waals surface area contributed by atoms with E-state index in [0.29, 0.717) is 19.0 Å².